The number of hydrogen-bond donors (Lipinski definition) is 0. The average molecular weight is 400 g/mol. The summed E-state index contributed by atoms with van der Waals surface area (Å²) in [5.74, 6) is -0.491. The number of ether oxygens (including phenoxy) is 1. The third-order valence-corrected chi connectivity index (χ3v) is 6.23. The number of carbonyl (C=O) groups excluding carboxylic acids is 1. The van der Waals surface area contributed by atoms with Crippen LogP contribution < -0.4 is 0 Å². The minimum absolute atomic E-state index is 0.195. The van der Waals surface area contributed by atoms with Crippen LogP contribution in [0.15, 0.2) is 71.3 Å². The molecule has 1 atom stereocenters. The first kappa shape index (κ1) is 20.1. The van der Waals surface area contributed by atoms with Gasteiger partial charge in [0.2, 0.25) is 0 Å². The Balaban J connectivity index is 2.02. The predicted molar refractivity (Wildman–Crippen MR) is 108 cm³/mol. The zero-order valence-electron chi connectivity index (χ0n) is 16.5. The molecular formula is C22H25NO4S. The van der Waals surface area contributed by atoms with Crippen molar-refractivity contribution in [3.63, 3.8) is 0 Å². The van der Waals surface area contributed by atoms with Crippen molar-refractivity contribution in [1.82, 2.24) is 4.31 Å². The molecule has 0 bridgehead atoms. The molecule has 2 aromatic rings. The SMILES string of the molecule is Cc1ccc(S(=O)(=O)N2C=C(C(=O)OC(C)(C)C)CC2c2ccccc2)cc1. The van der Waals surface area contributed by atoms with E-state index in [0.29, 0.717) is 5.57 Å². The molecular weight excluding hydrogens is 374 g/mol. The minimum Gasteiger partial charge on any atom is -0.457 e. The Hall–Kier alpha value is -2.60. The van der Waals surface area contributed by atoms with Crippen LogP contribution in [0.4, 0.5) is 0 Å². The Bertz CT molecular complexity index is 987. The molecule has 0 N–H and O–H groups in total. The smallest absolute Gasteiger partial charge is 0.336 e. The average Bonchev–Trinajstić information content (AvgIpc) is 3.08. The minimum atomic E-state index is -3.81. The zero-order valence-corrected chi connectivity index (χ0v) is 17.4. The molecule has 5 nitrogen and oxygen atoms in total. The van der Waals surface area contributed by atoms with Gasteiger partial charge in [0.05, 0.1) is 16.5 Å². The molecule has 1 unspecified atom stereocenters. The van der Waals surface area contributed by atoms with Crippen molar-refractivity contribution in [2.45, 2.75) is 50.7 Å². The first-order chi connectivity index (χ1) is 13.1. The van der Waals surface area contributed by atoms with E-state index in [2.05, 4.69) is 0 Å². The highest BCUT2D eigenvalue weighted by atomic mass is 32.2. The van der Waals surface area contributed by atoms with Crippen LogP contribution in [0, 0.1) is 6.92 Å². The summed E-state index contributed by atoms with van der Waals surface area (Å²) < 4.78 is 33.4. The van der Waals surface area contributed by atoms with Gasteiger partial charge in [0.15, 0.2) is 0 Å². The largest absolute Gasteiger partial charge is 0.457 e. The van der Waals surface area contributed by atoms with Crippen LogP contribution in [0.25, 0.3) is 0 Å². The summed E-state index contributed by atoms with van der Waals surface area (Å²) in [7, 11) is -3.81. The van der Waals surface area contributed by atoms with E-state index < -0.39 is 27.6 Å². The quantitative estimate of drug-likeness (QED) is 0.717. The Morgan fingerprint density at radius 2 is 1.64 bits per heavy atom. The molecule has 3 rings (SSSR count). The molecule has 0 fully saturated rings. The Kier molecular flexibility index (Phi) is 5.35. The zero-order chi connectivity index (χ0) is 20.5. The van der Waals surface area contributed by atoms with Crippen molar-refractivity contribution >= 4 is 16.0 Å². The lowest BCUT2D eigenvalue weighted by atomic mass is 10.0. The molecule has 0 saturated carbocycles. The Morgan fingerprint density at radius 3 is 2.21 bits per heavy atom. The Labute approximate surface area is 166 Å². The summed E-state index contributed by atoms with van der Waals surface area (Å²) in [5, 5.41) is 0. The second-order valence-electron chi connectivity index (χ2n) is 7.93. The molecule has 0 saturated heterocycles. The summed E-state index contributed by atoms with van der Waals surface area (Å²) >= 11 is 0. The van der Waals surface area contributed by atoms with E-state index in [-0.39, 0.29) is 11.3 Å². The molecule has 0 aromatic heterocycles. The van der Waals surface area contributed by atoms with Gasteiger partial charge in [-0.3, -0.25) is 4.31 Å². The maximum atomic E-state index is 13.3. The lowest BCUT2D eigenvalue weighted by Gasteiger charge is -2.25. The summed E-state index contributed by atoms with van der Waals surface area (Å²) in [4.78, 5) is 12.8. The van der Waals surface area contributed by atoms with E-state index in [1.165, 1.54) is 10.5 Å². The van der Waals surface area contributed by atoms with Crippen molar-refractivity contribution in [1.29, 1.82) is 0 Å². The molecule has 28 heavy (non-hydrogen) atoms. The number of carbonyl (C=O) groups is 1. The molecule has 0 radical (unpaired) electrons. The number of aryl methyl sites for hydroxylation is 1. The van der Waals surface area contributed by atoms with E-state index in [0.717, 1.165) is 11.1 Å². The number of benzene rings is 2. The highest BCUT2D eigenvalue weighted by molar-refractivity contribution is 7.89. The van der Waals surface area contributed by atoms with Gasteiger partial charge in [-0.15, -0.1) is 0 Å². The van der Waals surface area contributed by atoms with Crippen LogP contribution in [0.5, 0.6) is 0 Å². The number of rotatable bonds is 4. The van der Waals surface area contributed by atoms with E-state index in [1.807, 2.05) is 37.3 Å². The standard InChI is InChI=1S/C22H25NO4S/c1-16-10-12-19(13-11-16)28(25,26)23-15-18(21(24)27-22(2,3)4)14-20(23)17-8-6-5-7-9-17/h5-13,15,20H,14H2,1-4H3. The third-order valence-electron chi connectivity index (χ3n) is 4.45. The van der Waals surface area contributed by atoms with Crippen LogP contribution in [0.1, 0.15) is 44.4 Å². The summed E-state index contributed by atoms with van der Waals surface area (Å²) in [6, 6.07) is 15.5. The highest BCUT2D eigenvalue weighted by Crippen LogP contribution is 2.39. The van der Waals surface area contributed by atoms with Crippen molar-refractivity contribution < 1.29 is 17.9 Å². The van der Waals surface area contributed by atoms with Crippen LogP contribution in [0.3, 0.4) is 0 Å². The van der Waals surface area contributed by atoms with Gasteiger partial charge in [0, 0.05) is 12.6 Å². The molecule has 1 heterocycles. The highest BCUT2D eigenvalue weighted by Gasteiger charge is 2.38. The fourth-order valence-electron chi connectivity index (χ4n) is 3.08. The van der Waals surface area contributed by atoms with Gasteiger partial charge in [0.25, 0.3) is 10.0 Å². The molecule has 1 aliphatic heterocycles. The van der Waals surface area contributed by atoms with Crippen LogP contribution in [-0.4, -0.2) is 24.3 Å². The van der Waals surface area contributed by atoms with Gasteiger partial charge >= 0.3 is 5.97 Å². The first-order valence-electron chi connectivity index (χ1n) is 9.17. The molecule has 0 aliphatic carbocycles. The molecule has 148 valence electrons. The maximum absolute atomic E-state index is 13.3. The maximum Gasteiger partial charge on any atom is 0.336 e. The lowest BCUT2D eigenvalue weighted by Crippen LogP contribution is -2.27. The molecule has 6 heteroatoms. The van der Waals surface area contributed by atoms with E-state index >= 15 is 0 Å². The third kappa shape index (κ3) is 4.28. The van der Waals surface area contributed by atoms with E-state index in [4.69, 9.17) is 4.74 Å². The summed E-state index contributed by atoms with van der Waals surface area (Å²) in [6.07, 6.45) is 1.69. The molecule has 2 aromatic carbocycles. The number of sulfonamides is 1. The van der Waals surface area contributed by atoms with Gasteiger partial charge in [-0.05, 0) is 45.4 Å². The fraction of sp³-hybridized carbons (Fsp3) is 0.318. The van der Waals surface area contributed by atoms with Crippen LogP contribution in [-0.2, 0) is 19.6 Å². The summed E-state index contributed by atoms with van der Waals surface area (Å²) in [6.45, 7) is 7.27. The van der Waals surface area contributed by atoms with E-state index in [1.54, 1.807) is 45.0 Å². The fourth-order valence-corrected chi connectivity index (χ4v) is 4.60. The van der Waals surface area contributed by atoms with Gasteiger partial charge < -0.3 is 4.74 Å². The van der Waals surface area contributed by atoms with Crippen molar-refractivity contribution in [2.75, 3.05) is 0 Å². The van der Waals surface area contributed by atoms with Crippen molar-refractivity contribution in [3.8, 4) is 0 Å². The Morgan fingerprint density at radius 1 is 1.04 bits per heavy atom. The van der Waals surface area contributed by atoms with Gasteiger partial charge in [0.1, 0.15) is 5.60 Å². The monoisotopic (exact) mass is 399 g/mol. The van der Waals surface area contributed by atoms with Crippen LogP contribution >= 0.6 is 0 Å². The van der Waals surface area contributed by atoms with Crippen LogP contribution in [0.2, 0.25) is 0 Å². The number of esters is 1. The first-order valence-corrected chi connectivity index (χ1v) is 10.6. The number of nitrogens with zero attached hydrogens (tertiary/aromatic N) is 1. The molecule has 1 aliphatic rings. The second-order valence-corrected chi connectivity index (χ2v) is 9.78. The normalized spacial score (nSPS) is 17.4. The second kappa shape index (κ2) is 7.43. The molecule has 0 spiro atoms. The van der Waals surface area contributed by atoms with Gasteiger partial charge in [-0.2, -0.15) is 0 Å². The van der Waals surface area contributed by atoms with E-state index in [9.17, 15) is 13.2 Å². The van der Waals surface area contributed by atoms with Crippen molar-refractivity contribution in [3.05, 3.63) is 77.5 Å². The van der Waals surface area contributed by atoms with Gasteiger partial charge in [-0.1, -0.05) is 48.0 Å². The van der Waals surface area contributed by atoms with Crippen molar-refractivity contribution in [2.24, 2.45) is 0 Å². The lowest BCUT2D eigenvalue weighted by molar-refractivity contribution is -0.150. The summed E-state index contributed by atoms with van der Waals surface area (Å²) in [5.41, 5.74) is 1.50. The van der Waals surface area contributed by atoms with Gasteiger partial charge in [-0.25, -0.2) is 13.2 Å². The molecule has 0 amide bonds. The topological polar surface area (TPSA) is 63.7 Å². The predicted octanol–water partition coefficient (Wildman–Crippen LogP) is 4.36. The number of hydrogen-bond acceptors (Lipinski definition) is 4.